The van der Waals surface area contributed by atoms with E-state index in [1.807, 2.05) is 6.92 Å². The second-order valence-corrected chi connectivity index (χ2v) is 4.01. The van der Waals surface area contributed by atoms with Crippen molar-refractivity contribution in [1.29, 1.82) is 5.26 Å². The van der Waals surface area contributed by atoms with Gasteiger partial charge in [-0.3, -0.25) is 0 Å². The van der Waals surface area contributed by atoms with Gasteiger partial charge in [0.05, 0.1) is 11.5 Å². The Morgan fingerprint density at radius 2 is 2.00 bits per heavy atom. The second-order valence-electron chi connectivity index (χ2n) is 4.01. The highest BCUT2D eigenvalue weighted by molar-refractivity contribution is 4.99. The van der Waals surface area contributed by atoms with Crippen LogP contribution in [0.15, 0.2) is 0 Å². The predicted octanol–water partition coefficient (Wildman–Crippen LogP) is 2.12. The summed E-state index contributed by atoms with van der Waals surface area (Å²) in [7, 11) is 2.05. The number of nitriles is 1. The van der Waals surface area contributed by atoms with Crippen molar-refractivity contribution >= 4 is 0 Å². The summed E-state index contributed by atoms with van der Waals surface area (Å²) in [5.74, 6) is 0.413. The van der Waals surface area contributed by atoms with E-state index in [0.717, 1.165) is 13.1 Å². The lowest BCUT2D eigenvalue weighted by molar-refractivity contribution is 0.198. The summed E-state index contributed by atoms with van der Waals surface area (Å²) in [5.41, 5.74) is -0.204. The van der Waals surface area contributed by atoms with Crippen LogP contribution in [-0.4, -0.2) is 25.0 Å². The predicted molar refractivity (Wildman–Crippen MR) is 51.7 cm³/mol. The van der Waals surface area contributed by atoms with Crippen molar-refractivity contribution in [2.24, 2.45) is 11.3 Å². The van der Waals surface area contributed by atoms with Crippen LogP contribution in [0.1, 0.15) is 27.7 Å². The van der Waals surface area contributed by atoms with Crippen LogP contribution in [0.2, 0.25) is 0 Å². The maximum absolute atomic E-state index is 9.02. The molecule has 0 rings (SSSR count). The van der Waals surface area contributed by atoms with Gasteiger partial charge in [0, 0.05) is 6.54 Å². The average molecular weight is 168 g/mol. The Morgan fingerprint density at radius 3 is 2.25 bits per heavy atom. The fourth-order valence-electron chi connectivity index (χ4n) is 1.02. The highest BCUT2D eigenvalue weighted by Gasteiger charge is 2.28. The molecular weight excluding hydrogens is 148 g/mol. The van der Waals surface area contributed by atoms with Crippen molar-refractivity contribution in [2.45, 2.75) is 27.7 Å². The van der Waals surface area contributed by atoms with Crippen molar-refractivity contribution in [3.05, 3.63) is 0 Å². The Balaban J connectivity index is 4.27. The summed E-state index contributed by atoms with van der Waals surface area (Å²) in [6.45, 7) is 10.2. The van der Waals surface area contributed by atoms with Crippen LogP contribution in [0, 0.1) is 22.7 Å². The molecule has 0 heterocycles. The largest absolute Gasteiger partial charge is 0.305 e. The van der Waals surface area contributed by atoms with Crippen LogP contribution < -0.4 is 0 Å². The molecule has 70 valence electrons. The second kappa shape index (κ2) is 4.47. The van der Waals surface area contributed by atoms with Crippen LogP contribution >= 0.6 is 0 Å². The Labute approximate surface area is 76.2 Å². The fraction of sp³-hybridized carbons (Fsp3) is 0.900. The van der Waals surface area contributed by atoms with Crippen LogP contribution in [0.25, 0.3) is 0 Å². The molecule has 12 heavy (non-hydrogen) atoms. The van der Waals surface area contributed by atoms with Gasteiger partial charge in [-0.1, -0.05) is 20.8 Å². The molecule has 1 atom stereocenters. The Hall–Kier alpha value is -0.550. The first-order valence-corrected chi connectivity index (χ1v) is 4.56. The smallest absolute Gasteiger partial charge is 0.0703 e. The third kappa shape index (κ3) is 2.83. The molecule has 0 aromatic rings. The third-order valence-corrected chi connectivity index (χ3v) is 2.67. The summed E-state index contributed by atoms with van der Waals surface area (Å²) < 4.78 is 0. The van der Waals surface area contributed by atoms with E-state index in [2.05, 4.69) is 38.8 Å². The molecule has 0 aliphatic carbocycles. The van der Waals surface area contributed by atoms with Gasteiger partial charge in [-0.25, -0.2) is 0 Å². The van der Waals surface area contributed by atoms with Gasteiger partial charge >= 0.3 is 0 Å². The fourth-order valence-corrected chi connectivity index (χ4v) is 1.02. The van der Waals surface area contributed by atoms with Crippen LogP contribution in [0.4, 0.5) is 0 Å². The lowest BCUT2D eigenvalue weighted by Gasteiger charge is -2.30. The molecule has 0 fully saturated rings. The van der Waals surface area contributed by atoms with E-state index < -0.39 is 0 Å². The molecule has 0 aromatic heterocycles. The van der Waals surface area contributed by atoms with Crippen LogP contribution in [0.5, 0.6) is 0 Å². The lowest BCUT2D eigenvalue weighted by atomic mass is 9.80. The van der Waals surface area contributed by atoms with E-state index in [9.17, 15) is 0 Å². The molecule has 0 amide bonds. The first kappa shape index (κ1) is 11.4. The van der Waals surface area contributed by atoms with Crippen molar-refractivity contribution in [2.75, 3.05) is 20.1 Å². The minimum Gasteiger partial charge on any atom is -0.305 e. The zero-order chi connectivity index (χ0) is 9.78. The molecule has 0 saturated heterocycles. The SMILES string of the molecule is CCN(C)CC(C)(C#N)C(C)C. The van der Waals surface area contributed by atoms with Crippen molar-refractivity contribution in [3.63, 3.8) is 0 Å². The zero-order valence-electron chi connectivity index (χ0n) is 8.89. The van der Waals surface area contributed by atoms with Crippen LogP contribution in [-0.2, 0) is 0 Å². The zero-order valence-corrected chi connectivity index (χ0v) is 8.89. The number of hydrogen-bond donors (Lipinski definition) is 0. The normalized spacial score (nSPS) is 16.2. The van der Waals surface area contributed by atoms with Gasteiger partial charge in [0.25, 0.3) is 0 Å². The maximum Gasteiger partial charge on any atom is 0.0703 e. The van der Waals surface area contributed by atoms with Gasteiger partial charge in [0.2, 0.25) is 0 Å². The molecule has 1 unspecified atom stereocenters. The minimum absolute atomic E-state index is 0.204. The molecule has 2 nitrogen and oxygen atoms in total. The topological polar surface area (TPSA) is 27.0 Å². The van der Waals surface area contributed by atoms with E-state index >= 15 is 0 Å². The van der Waals surface area contributed by atoms with Crippen molar-refractivity contribution < 1.29 is 0 Å². The van der Waals surface area contributed by atoms with Crippen molar-refractivity contribution in [1.82, 2.24) is 4.90 Å². The van der Waals surface area contributed by atoms with Gasteiger partial charge in [-0.05, 0) is 26.4 Å². The molecule has 0 radical (unpaired) electrons. The molecule has 0 aliphatic rings. The highest BCUT2D eigenvalue weighted by Crippen LogP contribution is 2.26. The Morgan fingerprint density at radius 1 is 1.50 bits per heavy atom. The summed E-state index contributed by atoms with van der Waals surface area (Å²) in [5, 5.41) is 9.02. The standard InChI is InChI=1S/C10H20N2/c1-6-12(5)8-10(4,7-11)9(2)3/h9H,6,8H2,1-5H3. The monoisotopic (exact) mass is 168 g/mol. The minimum atomic E-state index is -0.204. The lowest BCUT2D eigenvalue weighted by Crippen LogP contribution is -2.36. The highest BCUT2D eigenvalue weighted by atomic mass is 15.1. The van der Waals surface area contributed by atoms with E-state index in [1.54, 1.807) is 0 Å². The summed E-state index contributed by atoms with van der Waals surface area (Å²) in [6, 6.07) is 2.40. The van der Waals surface area contributed by atoms with Gasteiger partial charge in [-0.15, -0.1) is 0 Å². The van der Waals surface area contributed by atoms with E-state index in [0.29, 0.717) is 5.92 Å². The number of nitrogens with zero attached hydrogens (tertiary/aromatic N) is 2. The summed E-state index contributed by atoms with van der Waals surface area (Å²) >= 11 is 0. The molecule has 0 N–H and O–H groups in total. The van der Waals surface area contributed by atoms with Gasteiger partial charge in [-0.2, -0.15) is 5.26 Å². The average Bonchev–Trinajstić information content (AvgIpc) is 2.03. The van der Waals surface area contributed by atoms with Gasteiger partial charge < -0.3 is 4.90 Å². The number of rotatable bonds is 4. The number of hydrogen-bond acceptors (Lipinski definition) is 2. The molecule has 0 bridgehead atoms. The van der Waals surface area contributed by atoms with E-state index in [-0.39, 0.29) is 5.41 Å². The molecule has 2 heteroatoms. The molecule has 0 saturated carbocycles. The van der Waals surface area contributed by atoms with Crippen molar-refractivity contribution in [3.8, 4) is 6.07 Å². The Kier molecular flexibility index (Phi) is 4.26. The first-order valence-electron chi connectivity index (χ1n) is 4.56. The van der Waals surface area contributed by atoms with Gasteiger partial charge in [0.15, 0.2) is 0 Å². The molecule has 0 aliphatic heterocycles. The van der Waals surface area contributed by atoms with E-state index in [4.69, 9.17) is 5.26 Å². The molecule has 0 aromatic carbocycles. The summed E-state index contributed by atoms with van der Waals surface area (Å²) in [4.78, 5) is 2.18. The summed E-state index contributed by atoms with van der Waals surface area (Å²) in [6.07, 6.45) is 0. The molecular formula is C10H20N2. The maximum atomic E-state index is 9.02. The third-order valence-electron chi connectivity index (χ3n) is 2.67. The van der Waals surface area contributed by atoms with E-state index in [1.165, 1.54) is 0 Å². The first-order chi connectivity index (χ1) is 5.46. The van der Waals surface area contributed by atoms with Gasteiger partial charge in [0.1, 0.15) is 0 Å². The Bertz CT molecular complexity index is 169. The quantitative estimate of drug-likeness (QED) is 0.643. The van der Waals surface area contributed by atoms with Crippen LogP contribution in [0.3, 0.4) is 0 Å². The molecule has 0 spiro atoms.